The lowest BCUT2D eigenvalue weighted by atomic mass is 10.2. The van der Waals surface area contributed by atoms with Gasteiger partial charge in [0.05, 0.1) is 25.5 Å². The quantitative estimate of drug-likeness (QED) is 0.400. The second-order valence-electron chi connectivity index (χ2n) is 2.84. The summed E-state index contributed by atoms with van der Waals surface area (Å²) in [6.07, 6.45) is 3.33. The van der Waals surface area contributed by atoms with Crippen LogP contribution in [0.4, 0.5) is 0 Å². The van der Waals surface area contributed by atoms with Gasteiger partial charge >= 0.3 is 5.97 Å². The van der Waals surface area contributed by atoms with Crippen LogP contribution in [0.2, 0.25) is 0 Å². The lowest BCUT2D eigenvalue weighted by Crippen LogP contribution is -2.08. The third kappa shape index (κ3) is 2.51. The molecule has 6 heteroatoms. The Kier molecular flexibility index (Phi) is 3.76. The van der Waals surface area contributed by atoms with Gasteiger partial charge in [-0.15, -0.1) is 0 Å². The number of nitrogens with zero attached hydrogens (tertiary/aromatic N) is 3. The van der Waals surface area contributed by atoms with E-state index in [1.807, 2.05) is 0 Å². The molecule has 0 aromatic carbocycles. The lowest BCUT2D eigenvalue weighted by Gasteiger charge is -2.02. The third-order valence-corrected chi connectivity index (χ3v) is 1.99. The molecule has 1 heterocycles. The number of esters is 1. The van der Waals surface area contributed by atoms with Crippen LogP contribution in [-0.2, 0) is 23.0 Å². The second kappa shape index (κ2) is 5.07. The van der Waals surface area contributed by atoms with E-state index in [1.54, 1.807) is 11.7 Å². The first-order valence-corrected chi connectivity index (χ1v) is 4.33. The molecule has 80 valence electrons. The summed E-state index contributed by atoms with van der Waals surface area (Å²) in [5, 5.41) is 3.94. The minimum Gasteiger partial charge on any atom is -0.465 e. The van der Waals surface area contributed by atoms with Crippen LogP contribution in [-0.4, -0.2) is 35.5 Å². The van der Waals surface area contributed by atoms with Gasteiger partial charge in [0.2, 0.25) is 6.08 Å². The van der Waals surface area contributed by atoms with Gasteiger partial charge in [0, 0.05) is 13.5 Å². The Morgan fingerprint density at radius 2 is 2.47 bits per heavy atom. The van der Waals surface area contributed by atoms with Crippen molar-refractivity contribution < 1.29 is 14.3 Å². The van der Waals surface area contributed by atoms with Crippen LogP contribution in [0, 0.1) is 0 Å². The summed E-state index contributed by atoms with van der Waals surface area (Å²) in [6.45, 7) is 0.285. The van der Waals surface area contributed by atoms with Crippen molar-refractivity contribution in [3.63, 3.8) is 0 Å². The van der Waals surface area contributed by atoms with Gasteiger partial charge in [-0.1, -0.05) is 0 Å². The van der Waals surface area contributed by atoms with E-state index in [1.165, 1.54) is 19.4 Å². The van der Waals surface area contributed by atoms with E-state index >= 15 is 0 Å². The highest BCUT2D eigenvalue weighted by atomic mass is 16.5. The van der Waals surface area contributed by atoms with Gasteiger partial charge < -0.3 is 4.74 Å². The molecule has 0 radical (unpaired) electrons. The molecule has 0 bridgehead atoms. The largest absolute Gasteiger partial charge is 0.465 e. The maximum atomic E-state index is 11.3. The molecule has 0 aliphatic rings. The Labute approximate surface area is 86.6 Å². The normalized spacial score (nSPS) is 9.47. The summed E-state index contributed by atoms with van der Waals surface area (Å²) < 4.78 is 6.16. The molecule has 6 nitrogen and oxygen atoms in total. The van der Waals surface area contributed by atoms with E-state index in [0.29, 0.717) is 17.7 Å². The summed E-state index contributed by atoms with van der Waals surface area (Å²) in [5.41, 5.74) is 1.10. The molecule has 0 aliphatic heterocycles. The number of carbonyl (C=O) groups excluding carboxylic acids is 2. The van der Waals surface area contributed by atoms with Crippen molar-refractivity contribution in [1.82, 2.24) is 9.78 Å². The number of aromatic nitrogens is 2. The molecule has 0 fully saturated rings. The fraction of sp³-hybridized carbons (Fsp3) is 0.444. The predicted octanol–water partition coefficient (Wildman–Crippen LogP) is 0.0850. The summed E-state index contributed by atoms with van der Waals surface area (Å²) in [5.74, 6) is -0.437. The Morgan fingerprint density at radius 1 is 1.73 bits per heavy atom. The third-order valence-electron chi connectivity index (χ3n) is 1.99. The van der Waals surface area contributed by atoms with E-state index in [-0.39, 0.29) is 6.54 Å². The Morgan fingerprint density at radius 3 is 3.07 bits per heavy atom. The van der Waals surface area contributed by atoms with Crippen molar-refractivity contribution in [2.24, 2.45) is 12.0 Å². The maximum Gasteiger partial charge on any atom is 0.341 e. The highest BCUT2D eigenvalue weighted by Gasteiger charge is 2.15. The van der Waals surface area contributed by atoms with Crippen molar-refractivity contribution in [3.05, 3.63) is 17.5 Å². The topological polar surface area (TPSA) is 73.5 Å². The van der Waals surface area contributed by atoms with E-state index in [9.17, 15) is 9.59 Å². The van der Waals surface area contributed by atoms with Crippen molar-refractivity contribution >= 4 is 12.0 Å². The number of methoxy groups -OCH3 is 1. The van der Waals surface area contributed by atoms with Gasteiger partial charge in [0.25, 0.3) is 0 Å². The first-order chi connectivity index (χ1) is 7.20. The molecule has 0 N–H and O–H groups in total. The van der Waals surface area contributed by atoms with Crippen LogP contribution >= 0.6 is 0 Å². The molecule has 0 saturated carbocycles. The Bertz CT molecular complexity index is 405. The zero-order chi connectivity index (χ0) is 11.3. The van der Waals surface area contributed by atoms with E-state index in [4.69, 9.17) is 0 Å². The van der Waals surface area contributed by atoms with Gasteiger partial charge in [0.15, 0.2) is 0 Å². The Hall–Kier alpha value is -1.94. The fourth-order valence-electron chi connectivity index (χ4n) is 1.25. The number of hydrogen-bond donors (Lipinski definition) is 0. The number of aliphatic imine (C=N–C) groups is 1. The maximum absolute atomic E-state index is 11.3. The van der Waals surface area contributed by atoms with Gasteiger partial charge in [-0.25, -0.2) is 14.6 Å². The molecule has 0 amide bonds. The first kappa shape index (κ1) is 11.1. The van der Waals surface area contributed by atoms with E-state index < -0.39 is 5.97 Å². The molecular formula is C9H11N3O3. The number of hydrogen-bond acceptors (Lipinski definition) is 5. The molecule has 0 unspecified atom stereocenters. The van der Waals surface area contributed by atoms with Crippen molar-refractivity contribution in [2.75, 3.05) is 13.7 Å². The summed E-state index contributed by atoms with van der Waals surface area (Å²) >= 11 is 0. The SMILES string of the molecule is COC(=O)c1cnn(C)c1CCN=C=O. The second-order valence-corrected chi connectivity index (χ2v) is 2.84. The van der Waals surface area contributed by atoms with Crippen molar-refractivity contribution in [2.45, 2.75) is 6.42 Å². The molecule has 1 aromatic rings. The van der Waals surface area contributed by atoms with Gasteiger partial charge in [-0.05, 0) is 0 Å². The molecule has 0 aliphatic carbocycles. The van der Waals surface area contributed by atoms with E-state index in [2.05, 4.69) is 14.8 Å². The van der Waals surface area contributed by atoms with Gasteiger partial charge in [-0.3, -0.25) is 4.68 Å². The summed E-state index contributed by atoms with van der Waals surface area (Å²) in [7, 11) is 3.02. The van der Waals surface area contributed by atoms with E-state index in [0.717, 1.165) is 0 Å². The summed E-state index contributed by atoms with van der Waals surface area (Å²) in [4.78, 5) is 24.6. The smallest absolute Gasteiger partial charge is 0.341 e. The minimum absolute atomic E-state index is 0.285. The molecule has 1 aromatic heterocycles. The van der Waals surface area contributed by atoms with Crippen LogP contribution in [0.15, 0.2) is 11.2 Å². The standard InChI is InChI=1S/C9H11N3O3/c1-12-8(3-4-10-6-13)7(5-11-12)9(14)15-2/h5H,3-4H2,1-2H3. The average molecular weight is 209 g/mol. The predicted molar refractivity (Wildman–Crippen MR) is 51.2 cm³/mol. The van der Waals surface area contributed by atoms with Crippen molar-refractivity contribution in [3.8, 4) is 0 Å². The van der Waals surface area contributed by atoms with Gasteiger partial charge in [0.1, 0.15) is 5.56 Å². The molecule has 15 heavy (non-hydrogen) atoms. The van der Waals surface area contributed by atoms with Gasteiger partial charge in [-0.2, -0.15) is 5.10 Å². The monoisotopic (exact) mass is 209 g/mol. The zero-order valence-electron chi connectivity index (χ0n) is 8.56. The minimum atomic E-state index is -0.437. The van der Waals surface area contributed by atoms with Crippen LogP contribution in [0.5, 0.6) is 0 Å². The first-order valence-electron chi connectivity index (χ1n) is 4.33. The number of isocyanates is 1. The van der Waals surface area contributed by atoms with Crippen LogP contribution < -0.4 is 0 Å². The molecule has 0 atom stereocenters. The zero-order valence-corrected chi connectivity index (χ0v) is 8.56. The lowest BCUT2D eigenvalue weighted by molar-refractivity contribution is 0.0599. The number of aryl methyl sites for hydroxylation is 1. The molecule has 1 rings (SSSR count). The highest BCUT2D eigenvalue weighted by Crippen LogP contribution is 2.09. The van der Waals surface area contributed by atoms with Crippen molar-refractivity contribution in [1.29, 1.82) is 0 Å². The highest BCUT2D eigenvalue weighted by molar-refractivity contribution is 5.90. The van der Waals surface area contributed by atoms with Crippen LogP contribution in [0.1, 0.15) is 16.1 Å². The fourth-order valence-corrected chi connectivity index (χ4v) is 1.25. The van der Waals surface area contributed by atoms with Crippen LogP contribution in [0.25, 0.3) is 0 Å². The average Bonchev–Trinajstić information content (AvgIpc) is 2.60. The number of carbonyl (C=O) groups is 1. The Balaban J connectivity index is 2.88. The summed E-state index contributed by atoms with van der Waals surface area (Å²) in [6, 6.07) is 0. The molecule has 0 spiro atoms. The number of rotatable bonds is 4. The molecular weight excluding hydrogens is 198 g/mol. The molecule has 0 saturated heterocycles. The van der Waals surface area contributed by atoms with Crippen LogP contribution in [0.3, 0.4) is 0 Å². The number of ether oxygens (including phenoxy) is 1.